The number of esters is 1. The Morgan fingerprint density at radius 2 is 1.67 bits per heavy atom. The average molecular weight is 403 g/mol. The van der Waals surface area contributed by atoms with Crippen LogP contribution in [0, 0.1) is 13.8 Å². The molecule has 154 valence electrons. The second-order valence-corrected chi connectivity index (χ2v) is 7.06. The lowest BCUT2D eigenvalue weighted by Gasteiger charge is -2.10. The first-order valence-electron chi connectivity index (χ1n) is 9.85. The highest BCUT2D eigenvalue weighted by molar-refractivity contribution is 6.04. The van der Waals surface area contributed by atoms with Crippen molar-refractivity contribution in [1.82, 2.24) is 0 Å². The van der Waals surface area contributed by atoms with Crippen molar-refractivity contribution in [3.63, 3.8) is 0 Å². The summed E-state index contributed by atoms with van der Waals surface area (Å²) in [5.41, 5.74) is 4.45. The van der Waals surface area contributed by atoms with Crippen LogP contribution in [0.25, 0.3) is 0 Å². The van der Waals surface area contributed by atoms with Crippen LogP contribution in [0.4, 0.5) is 5.69 Å². The predicted octanol–water partition coefficient (Wildman–Crippen LogP) is 5.10. The monoisotopic (exact) mass is 403 g/mol. The minimum absolute atomic E-state index is 0.192. The van der Waals surface area contributed by atoms with Gasteiger partial charge in [-0.05, 0) is 79.4 Å². The lowest BCUT2D eigenvalue weighted by atomic mass is 10.1. The van der Waals surface area contributed by atoms with Gasteiger partial charge in [0.1, 0.15) is 11.5 Å². The van der Waals surface area contributed by atoms with E-state index in [1.807, 2.05) is 50.2 Å². The molecular formula is C25H25NO4. The molecule has 0 heterocycles. The molecule has 0 aliphatic heterocycles. The predicted molar refractivity (Wildman–Crippen MR) is 117 cm³/mol. The fourth-order valence-corrected chi connectivity index (χ4v) is 2.90. The van der Waals surface area contributed by atoms with Crippen molar-refractivity contribution in [2.24, 2.45) is 0 Å². The molecule has 0 saturated carbocycles. The molecule has 5 heteroatoms. The van der Waals surface area contributed by atoms with Crippen LogP contribution in [-0.2, 0) is 11.2 Å². The van der Waals surface area contributed by atoms with Crippen molar-refractivity contribution in [3.8, 4) is 11.5 Å². The van der Waals surface area contributed by atoms with Gasteiger partial charge in [-0.3, -0.25) is 4.79 Å². The Hall–Kier alpha value is -3.60. The van der Waals surface area contributed by atoms with Gasteiger partial charge in [0, 0.05) is 11.3 Å². The van der Waals surface area contributed by atoms with Gasteiger partial charge in [0.2, 0.25) is 0 Å². The molecule has 1 N–H and O–H groups in total. The second-order valence-electron chi connectivity index (χ2n) is 7.06. The highest BCUT2D eigenvalue weighted by Crippen LogP contribution is 2.19. The standard InChI is InChI=1S/C25H25NO4/c1-4-19-6-5-7-22(15-19)29-16-24(27)30-21-12-10-20(11-13-21)25(28)26-23-14-17(2)8-9-18(23)3/h5-15H,4,16H2,1-3H3,(H,26,28). The zero-order valence-electron chi connectivity index (χ0n) is 17.4. The average Bonchev–Trinajstić information content (AvgIpc) is 2.75. The van der Waals surface area contributed by atoms with Gasteiger partial charge in [0.05, 0.1) is 0 Å². The molecule has 0 fully saturated rings. The molecule has 0 saturated heterocycles. The summed E-state index contributed by atoms with van der Waals surface area (Å²) in [5, 5.41) is 2.91. The van der Waals surface area contributed by atoms with E-state index < -0.39 is 5.97 Å². The molecular weight excluding hydrogens is 378 g/mol. The number of carbonyl (C=O) groups excluding carboxylic acids is 2. The van der Waals surface area contributed by atoms with Gasteiger partial charge in [0.15, 0.2) is 6.61 Å². The van der Waals surface area contributed by atoms with Gasteiger partial charge < -0.3 is 14.8 Å². The van der Waals surface area contributed by atoms with Gasteiger partial charge >= 0.3 is 5.97 Å². The van der Waals surface area contributed by atoms with E-state index in [0.717, 1.165) is 28.8 Å². The Bertz CT molecular complexity index is 1040. The maximum absolute atomic E-state index is 12.5. The molecule has 0 aliphatic carbocycles. The van der Waals surface area contributed by atoms with Crippen LogP contribution in [0.3, 0.4) is 0 Å². The summed E-state index contributed by atoms with van der Waals surface area (Å²) in [6.45, 7) is 5.78. The summed E-state index contributed by atoms with van der Waals surface area (Å²) in [5.74, 6) is 0.254. The molecule has 0 spiro atoms. The largest absolute Gasteiger partial charge is 0.482 e. The Kier molecular flexibility index (Phi) is 6.86. The Balaban J connectivity index is 1.55. The minimum atomic E-state index is -0.510. The molecule has 0 aromatic heterocycles. The van der Waals surface area contributed by atoms with Gasteiger partial charge in [-0.2, -0.15) is 0 Å². The third-order valence-electron chi connectivity index (χ3n) is 4.65. The van der Waals surface area contributed by atoms with E-state index in [4.69, 9.17) is 9.47 Å². The van der Waals surface area contributed by atoms with E-state index >= 15 is 0 Å². The number of hydrogen-bond donors (Lipinski definition) is 1. The maximum atomic E-state index is 12.5. The molecule has 3 rings (SSSR count). The Morgan fingerprint density at radius 1 is 0.900 bits per heavy atom. The maximum Gasteiger partial charge on any atom is 0.349 e. The van der Waals surface area contributed by atoms with Gasteiger partial charge in [-0.25, -0.2) is 4.79 Å². The number of anilines is 1. The number of hydrogen-bond acceptors (Lipinski definition) is 4. The summed E-state index contributed by atoms with van der Waals surface area (Å²) >= 11 is 0. The number of amides is 1. The van der Waals surface area contributed by atoms with Crippen LogP contribution >= 0.6 is 0 Å². The van der Waals surface area contributed by atoms with E-state index in [0.29, 0.717) is 17.1 Å². The summed E-state index contributed by atoms with van der Waals surface area (Å²) in [4.78, 5) is 24.5. The van der Waals surface area contributed by atoms with Crippen molar-refractivity contribution in [2.75, 3.05) is 11.9 Å². The summed E-state index contributed by atoms with van der Waals surface area (Å²) in [6.07, 6.45) is 0.894. The fraction of sp³-hybridized carbons (Fsp3) is 0.200. The molecule has 0 unspecified atom stereocenters. The fourth-order valence-electron chi connectivity index (χ4n) is 2.90. The first kappa shape index (κ1) is 21.1. The normalized spacial score (nSPS) is 10.4. The lowest BCUT2D eigenvalue weighted by molar-refractivity contribution is -0.136. The van der Waals surface area contributed by atoms with Crippen molar-refractivity contribution in [3.05, 3.63) is 89.0 Å². The summed E-state index contributed by atoms with van der Waals surface area (Å²) in [6, 6.07) is 19.9. The zero-order valence-corrected chi connectivity index (χ0v) is 17.4. The first-order valence-corrected chi connectivity index (χ1v) is 9.85. The van der Waals surface area contributed by atoms with E-state index in [2.05, 4.69) is 12.2 Å². The topological polar surface area (TPSA) is 64.6 Å². The van der Waals surface area contributed by atoms with E-state index in [1.54, 1.807) is 30.3 Å². The van der Waals surface area contributed by atoms with Crippen molar-refractivity contribution >= 4 is 17.6 Å². The summed E-state index contributed by atoms with van der Waals surface area (Å²) < 4.78 is 10.8. The molecule has 0 aliphatic rings. The van der Waals surface area contributed by atoms with Crippen LogP contribution in [-0.4, -0.2) is 18.5 Å². The van der Waals surface area contributed by atoms with E-state index in [-0.39, 0.29) is 12.5 Å². The lowest BCUT2D eigenvalue weighted by Crippen LogP contribution is -2.18. The summed E-state index contributed by atoms with van der Waals surface area (Å²) in [7, 11) is 0. The number of benzene rings is 3. The molecule has 0 atom stereocenters. The van der Waals surface area contributed by atoms with Crippen LogP contribution in [0.15, 0.2) is 66.7 Å². The van der Waals surface area contributed by atoms with Crippen LogP contribution in [0.2, 0.25) is 0 Å². The van der Waals surface area contributed by atoms with E-state index in [9.17, 15) is 9.59 Å². The zero-order chi connectivity index (χ0) is 21.5. The van der Waals surface area contributed by atoms with Gasteiger partial charge in [-0.15, -0.1) is 0 Å². The van der Waals surface area contributed by atoms with Crippen molar-refractivity contribution in [2.45, 2.75) is 27.2 Å². The van der Waals surface area contributed by atoms with Gasteiger partial charge in [-0.1, -0.05) is 31.2 Å². The third-order valence-corrected chi connectivity index (χ3v) is 4.65. The van der Waals surface area contributed by atoms with Crippen molar-refractivity contribution in [1.29, 1.82) is 0 Å². The highest BCUT2D eigenvalue weighted by atomic mass is 16.6. The first-order chi connectivity index (χ1) is 14.4. The smallest absolute Gasteiger partial charge is 0.349 e. The molecule has 0 radical (unpaired) electrons. The Morgan fingerprint density at radius 3 is 2.40 bits per heavy atom. The van der Waals surface area contributed by atoms with Crippen LogP contribution in [0.5, 0.6) is 11.5 Å². The number of ether oxygens (including phenoxy) is 2. The van der Waals surface area contributed by atoms with Crippen molar-refractivity contribution < 1.29 is 19.1 Å². The SMILES string of the molecule is CCc1cccc(OCC(=O)Oc2ccc(C(=O)Nc3cc(C)ccc3C)cc2)c1. The molecule has 5 nitrogen and oxygen atoms in total. The van der Waals surface area contributed by atoms with Gasteiger partial charge in [0.25, 0.3) is 5.91 Å². The number of aryl methyl sites for hydroxylation is 3. The molecule has 30 heavy (non-hydrogen) atoms. The quantitative estimate of drug-likeness (QED) is 0.440. The third kappa shape index (κ3) is 5.70. The second kappa shape index (κ2) is 9.74. The number of rotatable bonds is 7. The molecule has 1 amide bonds. The highest BCUT2D eigenvalue weighted by Gasteiger charge is 2.10. The number of carbonyl (C=O) groups is 2. The molecule has 3 aromatic rings. The Labute approximate surface area is 176 Å². The number of nitrogens with one attached hydrogen (secondary N) is 1. The van der Waals surface area contributed by atoms with Crippen LogP contribution < -0.4 is 14.8 Å². The van der Waals surface area contributed by atoms with E-state index in [1.165, 1.54) is 0 Å². The van der Waals surface area contributed by atoms with Crippen LogP contribution in [0.1, 0.15) is 34.0 Å². The molecule has 0 bridgehead atoms. The minimum Gasteiger partial charge on any atom is -0.482 e. The molecule has 3 aromatic carbocycles.